The van der Waals surface area contributed by atoms with Gasteiger partial charge in [-0.2, -0.15) is 0 Å². The standard InChI is InChI=1S/C20H24N2/c1-15(22-13-18-5-3-4-6-19(18)14-22)11-16-7-8-20-17(12-16)9-10-21(20)2/h3-8,12,15H,9-11,13-14H2,1-2H3. The monoisotopic (exact) mass is 292 g/mol. The summed E-state index contributed by atoms with van der Waals surface area (Å²) in [7, 11) is 2.19. The summed E-state index contributed by atoms with van der Waals surface area (Å²) in [5.74, 6) is 0. The minimum absolute atomic E-state index is 0.588. The van der Waals surface area contributed by atoms with E-state index in [9.17, 15) is 0 Å². The fraction of sp³-hybridized carbons (Fsp3) is 0.400. The average molecular weight is 292 g/mol. The lowest BCUT2D eigenvalue weighted by Crippen LogP contribution is -2.29. The van der Waals surface area contributed by atoms with Crippen molar-refractivity contribution in [2.24, 2.45) is 0 Å². The van der Waals surface area contributed by atoms with Crippen LogP contribution in [0.15, 0.2) is 42.5 Å². The Morgan fingerprint density at radius 1 is 1.00 bits per heavy atom. The summed E-state index contributed by atoms with van der Waals surface area (Å²) in [6.45, 7) is 5.73. The van der Waals surface area contributed by atoms with Gasteiger partial charge in [-0.15, -0.1) is 0 Å². The molecular weight excluding hydrogens is 268 g/mol. The number of nitrogens with zero attached hydrogens (tertiary/aromatic N) is 2. The highest BCUT2D eigenvalue weighted by Crippen LogP contribution is 2.29. The predicted octanol–water partition coefficient (Wildman–Crippen LogP) is 3.63. The van der Waals surface area contributed by atoms with E-state index in [1.165, 1.54) is 34.4 Å². The number of benzene rings is 2. The first-order chi connectivity index (χ1) is 10.7. The molecule has 2 aliphatic heterocycles. The zero-order valence-electron chi connectivity index (χ0n) is 13.5. The van der Waals surface area contributed by atoms with Gasteiger partial charge < -0.3 is 4.90 Å². The number of hydrogen-bond acceptors (Lipinski definition) is 2. The van der Waals surface area contributed by atoms with Crippen molar-refractivity contribution in [3.05, 3.63) is 64.7 Å². The molecule has 114 valence electrons. The molecule has 0 spiro atoms. The number of anilines is 1. The molecule has 4 rings (SSSR count). The third kappa shape index (κ3) is 2.42. The number of hydrogen-bond donors (Lipinski definition) is 0. The number of likely N-dealkylation sites (N-methyl/N-ethyl adjacent to an activating group) is 1. The van der Waals surface area contributed by atoms with Crippen LogP contribution in [0.1, 0.15) is 29.2 Å². The third-order valence-electron chi connectivity index (χ3n) is 5.29. The summed E-state index contributed by atoms with van der Waals surface area (Å²) in [6, 6.07) is 16.5. The Bertz CT molecular complexity index is 667. The van der Waals surface area contributed by atoms with Crippen LogP contribution in [-0.4, -0.2) is 24.5 Å². The van der Waals surface area contributed by atoms with Crippen molar-refractivity contribution >= 4 is 5.69 Å². The second-order valence-corrected chi connectivity index (χ2v) is 6.86. The molecule has 0 saturated heterocycles. The zero-order valence-corrected chi connectivity index (χ0v) is 13.5. The smallest absolute Gasteiger partial charge is 0.0397 e. The summed E-state index contributed by atoms with van der Waals surface area (Å²) in [5, 5.41) is 0. The van der Waals surface area contributed by atoms with E-state index in [1.54, 1.807) is 0 Å². The van der Waals surface area contributed by atoms with Gasteiger partial charge >= 0.3 is 0 Å². The molecule has 0 amide bonds. The lowest BCUT2D eigenvalue weighted by atomic mass is 10.0. The average Bonchev–Trinajstić information content (AvgIpc) is 3.11. The van der Waals surface area contributed by atoms with Crippen LogP contribution < -0.4 is 4.90 Å². The van der Waals surface area contributed by atoms with Crippen LogP contribution in [0.25, 0.3) is 0 Å². The Kier molecular flexibility index (Phi) is 3.42. The first kappa shape index (κ1) is 13.8. The molecule has 2 aromatic rings. The molecule has 0 saturated carbocycles. The molecule has 2 heterocycles. The Labute approximate surface area is 133 Å². The van der Waals surface area contributed by atoms with Crippen LogP contribution in [0.2, 0.25) is 0 Å². The van der Waals surface area contributed by atoms with Crippen molar-refractivity contribution in [2.45, 2.75) is 38.9 Å². The minimum atomic E-state index is 0.588. The summed E-state index contributed by atoms with van der Waals surface area (Å²) in [6.07, 6.45) is 2.34. The predicted molar refractivity (Wildman–Crippen MR) is 92.3 cm³/mol. The molecule has 2 aliphatic rings. The quantitative estimate of drug-likeness (QED) is 0.852. The Hall–Kier alpha value is -1.80. The van der Waals surface area contributed by atoms with Crippen molar-refractivity contribution in [3.63, 3.8) is 0 Å². The molecule has 2 aromatic carbocycles. The molecule has 1 unspecified atom stereocenters. The van der Waals surface area contributed by atoms with Crippen molar-refractivity contribution < 1.29 is 0 Å². The molecule has 22 heavy (non-hydrogen) atoms. The van der Waals surface area contributed by atoms with Gasteiger partial charge in [0, 0.05) is 38.4 Å². The molecule has 0 N–H and O–H groups in total. The van der Waals surface area contributed by atoms with Gasteiger partial charge in [0.2, 0.25) is 0 Å². The van der Waals surface area contributed by atoms with Crippen LogP contribution in [0.5, 0.6) is 0 Å². The van der Waals surface area contributed by atoms with E-state index in [1.807, 2.05) is 0 Å². The van der Waals surface area contributed by atoms with E-state index in [2.05, 4.69) is 66.2 Å². The molecule has 2 heteroatoms. The van der Waals surface area contributed by atoms with Gasteiger partial charge in [-0.25, -0.2) is 0 Å². The Morgan fingerprint density at radius 2 is 1.73 bits per heavy atom. The van der Waals surface area contributed by atoms with Crippen LogP contribution in [0, 0.1) is 0 Å². The van der Waals surface area contributed by atoms with Crippen LogP contribution in [0.4, 0.5) is 5.69 Å². The summed E-state index contributed by atoms with van der Waals surface area (Å²) in [5.41, 5.74) is 7.44. The van der Waals surface area contributed by atoms with Gasteiger partial charge in [-0.05, 0) is 48.1 Å². The zero-order chi connectivity index (χ0) is 15.1. The number of fused-ring (bicyclic) bond motifs is 2. The molecule has 1 atom stereocenters. The lowest BCUT2D eigenvalue weighted by Gasteiger charge is -2.24. The maximum absolute atomic E-state index is 2.60. The van der Waals surface area contributed by atoms with E-state index in [4.69, 9.17) is 0 Å². The van der Waals surface area contributed by atoms with E-state index >= 15 is 0 Å². The Balaban J connectivity index is 1.46. The maximum Gasteiger partial charge on any atom is 0.0397 e. The van der Waals surface area contributed by atoms with E-state index in [0.717, 1.165) is 26.1 Å². The first-order valence-electron chi connectivity index (χ1n) is 8.34. The minimum Gasteiger partial charge on any atom is -0.374 e. The molecule has 0 aromatic heterocycles. The van der Waals surface area contributed by atoms with Gasteiger partial charge in [0.25, 0.3) is 0 Å². The van der Waals surface area contributed by atoms with E-state index in [0.29, 0.717) is 6.04 Å². The lowest BCUT2D eigenvalue weighted by molar-refractivity contribution is 0.211. The van der Waals surface area contributed by atoms with Crippen LogP contribution in [0.3, 0.4) is 0 Å². The molecule has 0 fully saturated rings. The largest absolute Gasteiger partial charge is 0.374 e. The molecule has 0 aliphatic carbocycles. The molecular formula is C20H24N2. The van der Waals surface area contributed by atoms with Crippen molar-refractivity contribution in [2.75, 3.05) is 18.5 Å². The topological polar surface area (TPSA) is 6.48 Å². The number of rotatable bonds is 3. The van der Waals surface area contributed by atoms with Crippen molar-refractivity contribution in [1.82, 2.24) is 4.90 Å². The highest BCUT2D eigenvalue weighted by Gasteiger charge is 2.23. The summed E-state index contributed by atoms with van der Waals surface area (Å²) in [4.78, 5) is 4.96. The fourth-order valence-corrected chi connectivity index (χ4v) is 3.89. The molecule has 0 bridgehead atoms. The van der Waals surface area contributed by atoms with Crippen molar-refractivity contribution in [1.29, 1.82) is 0 Å². The van der Waals surface area contributed by atoms with Gasteiger partial charge in [-0.3, -0.25) is 4.90 Å². The molecule has 0 radical (unpaired) electrons. The second-order valence-electron chi connectivity index (χ2n) is 6.86. The van der Waals surface area contributed by atoms with E-state index in [-0.39, 0.29) is 0 Å². The van der Waals surface area contributed by atoms with Crippen LogP contribution in [-0.2, 0) is 25.9 Å². The van der Waals surface area contributed by atoms with Crippen LogP contribution >= 0.6 is 0 Å². The summed E-state index contributed by atoms with van der Waals surface area (Å²) >= 11 is 0. The normalized spacial score (nSPS) is 18.4. The van der Waals surface area contributed by atoms with Gasteiger partial charge in [-0.1, -0.05) is 36.4 Å². The SMILES string of the molecule is CC(Cc1ccc2c(c1)CCN2C)N1Cc2ccccc2C1. The third-order valence-corrected chi connectivity index (χ3v) is 5.29. The fourth-order valence-electron chi connectivity index (χ4n) is 3.89. The first-order valence-corrected chi connectivity index (χ1v) is 8.34. The highest BCUT2D eigenvalue weighted by molar-refractivity contribution is 5.58. The summed E-state index contributed by atoms with van der Waals surface area (Å²) < 4.78 is 0. The molecule has 2 nitrogen and oxygen atoms in total. The van der Waals surface area contributed by atoms with Gasteiger partial charge in [0.15, 0.2) is 0 Å². The Morgan fingerprint density at radius 3 is 2.45 bits per heavy atom. The van der Waals surface area contributed by atoms with Gasteiger partial charge in [0.1, 0.15) is 0 Å². The van der Waals surface area contributed by atoms with E-state index < -0.39 is 0 Å². The van der Waals surface area contributed by atoms with Crippen molar-refractivity contribution in [3.8, 4) is 0 Å². The highest BCUT2D eigenvalue weighted by atomic mass is 15.2. The maximum atomic E-state index is 2.60. The van der Waals surface area contributed by atoms with Gasteiger partial charge in [0.05, 0.1) is 0 Å². The second kappa shape index (κ2) is 5.44.